The van der Waals surface area contributed by atoms with E-state index < -0.39 is 17.4 Å². The molecule has 3 aliphatic heterocycles. The molecule has 0 unspecified atom stereocenters. The van der Waals surface area contributed by atoms with E-state index in [9.17, 15) is 9.59 Å². The van der Waals surface area contributed by atoms with Crippen molar-refractivity contribution in [1.29, 1.82) is 0 Å². The number of benzene rings is 1. The molecule has 2 fully saturated rings. The number of likely N-dealkylation sites (tertiary alicyclic amines) is 1. The standard InChI is InChI=1S/C21H24N2O4/c1-4-10-22(2)19(24)17-16-8-9-21(27-16)13-23(20(25)18(17)21)12-14-6-5-7-15(11-14)26-3/h4-9,11,16-18H,1,10,12-13H2,2-3H3/t16-,17-,18-,21-/m0/s1. The zero-order valence-electron chi connectivity index (χ0n) is 15.6. The van der Waals surface area contributed by atoms with Gasteiger partial charge >= 0.3 is 0 Å². The molecule has 6 nitrogen and oxygen atoms in total. The van der Waals surface area contributed by atoms with Crippen LogP contribution in [0.15, 0.2) is 49.1 Å². The Bertz CT molecular complexity index is 820. The lowest BCUT2D eigenvalue weighted by Crippen LogP contribution is -2.44. The molecule has 0 aromatic heterocycles. The van der Waals surface area contributed by atoms with E-state index in [1.54, 1.807) is 30.0 Å². The Morgan fingerprint density at radius 3 is 3.07 bits per heavy atom. The number of rotatable bonds is 6. The lowest BCUT2D eigenvalue weighted by Gasteiger charge is -2.27. The molecule has 2 amide bonds. The average molecular weight is 368 g/mol. The van der Waals surface area contributed by atoms with Gasteiger partial charge < -0.3 is 19.3 Å². The predicted molar refractivity (Wildman–Crippen MR) is 100.0 cm³/mol. The van der Waals surface area contributed by atoms with Crippen LogP contribution in [0, 0.1) is 11.8 Å². The summed E-state index contributed by atoms with van der Waals surface area (Å²) in [4.78, 5) is 29.6. The molecule has 3 aliphatic rings. The first-order chi connectivity index (χ1) is 13.0. The highest BCUT2D eigenvalue weighted by Crippen LogP contribution is 2.52. The van der Waals surface area contributed by atoms with Gasteiger partial charge in [0.05, 0.1) is 31.6 Å². The van der Waals surface area contributed by atoms with Crippen LogP contribution in [0.3, 0.4) is 0 Å². The van der Waals surface area contributed by atoms with Gasteiger partial charge in [-0.2, -0.15) is 0 Å². The van der Waals surface area contributed by atoms with Gasteiger partial charge in [0.1, 0.15) is 11.4 Å². The minimum atomic E-state index is -0.685. The van der Waals surface area contributed by atoms with E-state index in [1.807, 2.05) is 36.4 Å². The number of likely N-dealkylation sites (N-methyl/N-ethyl adjacent to an activating group) is 1. The zero-order valence-corrected chi connectivity index (χ0v) is 15.6. The van der Waals surface area contributed by atoms with Crippen molar-refractivity contribution in [3.05, 3.63) is 54.6 Å². The van der Waals surface area contributed by atoms with Gasteiger partial charge in [0.15, 0.2) is 0 Å². The van der Waals surface area contributed by atoms with Crippen LogP contribution in [0.25, 0.3) is 0 Å². The van der Waals surface area contributed by atoms with Gasteiger partial charge in [0.25, 0.3) is 0 Å². The molecule has 2 bridgehead atoms. The Hall–Kier alpha value is -2.60. The van der Waals surface area contributed by atoms with Crippen molar-refractivity contribution in [2.24, 2.45) is 11.8 Å². The molecule has 3 heterocycles. The quantitative estimate of drug-likeness (QED) is 0.716. The van der Waals surface area contributed by atoms with E-state index >= 15 is 0 Å². The molecule has 0 saturated carbocycles. The highest BCUT2D eigenvalue weighted by atomic mass is 16.5. The number of hydrogen-bond acceptors (Lipinski definition) is 4. The molecule has 142 valence electrons. The summed E-state index contributed by atoms with van der Waals surface area (Å²) < 4.78 is 11.4. The van der Waals surface area contributed by atoms with E-state index in [2.05, 4.69) is 6.58 Å². The summed E-state index contributed by atoms with van der Waals surface area (Å²) in [5.41, 5.74) is 0.305. The number of nitrogens with zero attached hydrogens (tertiary/aromatic N) is 2. The first-order valence-corrected chi connectivity index (χ1v) is 9.14. The van der Waals surface area contributed by atoms with Crippen LogP contribution in [0.4, 0.5) is 0 Å². The van der Waals surface area contributed by atoms with E-state index in [0.29, 0.717) is 19.6 Å². The van der Waals surface area contributed by atoms with Crippen molar-refractivity contribution in [2.45, 2.75) is 18.2 Å². The Balaban J connectivity index is 1.57. The number of fused-ring (bicyclic) bond motifs is 1. The molecule has 6 heteroatoms. The molecule has 1 aromatic rings. The Morgan fingerprint density at radius 1 is 1.52 bits per heavy atom. The van der Waals surface area contributed by atoms with Gasteiger partial charge in [-0.25, -0.2) is 0 Å². The molecule has 1 aromatic carbocycles. The third-order valence-corrected chi connectivity index (χ3v) is 5.75. The normalized spacial score (nSPS) is 30.5. The molecule has 2 saturated heterocycles. The van der Waals surface area contributed by atoms with Crippen LogP contribution in [0.2, 0.25) is 0 Å². The van der Waals surface area contributed by atoms with Crippen molar-refractivity contribution >= 4 is 11.8 Å². The minimum Gasteiger partial charge on any atom is -0.497 e. The molecular weight excluding hydrogens is 344 g/mol. The Kier molecular flexibility index (Phi) is 4.30. The number of methoxy groups -OCH3 is 1. The molecular formula is C21H24N2O4. The first kappa shape index (κ1) is 17.8. The summed E-state index contributed by atoms with van der Waals surface area (Å²) in [6.45, 7) is 5.08. The number of hydrogen-bond donors (Lipinski definition) is 0. The Labute approximate surface area is 159 Å². The van der Waals surface area contributed by atoms with Gasteiger partial charge in [-0.1, -0.05) is 30.4 Å². The van der Waals surface area contributed by atoms with Gasteiger partial charge in [-0.05, 0) is 17.7 Å². The lowest BCUT2D eigenvalue weighted by atomic mass is 9.76. The second kappa shape index (κ2) is 6.53. The molecule has 1 spiro atoms. The number of amides is 2. The average Bonchev–Trinajstić information content (AvgIpc) is 3.30. The maximum Gasteiger partial charge on any atom is 0.230 e. The van der Waals surface area contributed by atoms with E-state index in [-0.39, 0.29) is 17.9 Å². The molecule has 4 rings (SSSR count). The summed E-state index contributed by atoms with van der Waals surface area (Å²) in [6.07, 6.45) is 5.27. The molecule has 27 heavy (non-hydrogen) atoms. The zero-order chi connectivity index (χ0) is 19.2. The van der Waals surface area contributed by atoms with Crippen molar-refractivity contribution < 1.29 is 19.1 Å². The second-order valence-electron chi connectivity index (χ2n) is 7.45. The summed E-state index contributed by atoms with van der Waals surface area (Å²) in [5, 5.41) is 0. The van der Waals surface area contributed by atoms with Crippen molar-refractivity contribution in [3.63, 3.8) is 0 Å². The first-order valence-electron chi connectivity index (χ1n) is 9.14. The number of carbonyl (C=O) groups excluding carboxylic acids is 2. The van der Waals surface area contributed by atoms with Crippen LogP contribution in [-0.4, -0.2) is 60.6 Å². The van der Waals surface area contributed by atoms with Crippen LogP contribution >= 0.6 is 0 Å². The molecule has 0 radical (unpaired) electrons. The summed E-state index contributed by atoms with van der Waals surface area (Å²) in [6, 6.07) is 7.68. The number of ether oxygens (including phenoxy) is 2. The molecule has 0 aliphatic carbocycles. The van der Waals surface area contributed by atoms with Crippen LogP contribution in [-0.2, 0) is 20.9 Å². The largest absolute Gasteiger partial charge is 0.497 e. The highest BCUT2D eigenvalue weighted by molar-refractivity contribution is 5.93. The number of carbonyl (C=O) groups is 2. The van der Waals surface area contributed by atoms with Gasteiger partial charge in [-0.15, -0.1) is 6.58 Å². The summed E-state index contributed by atoms with van der Waals surface area (Å²) >= 11 is 0. The summed E-state index contributed by atoms with van der Waals surface area (Å²) in [7, 11) is 3.36. The highest BCUT2D eigenvalue weighted by Gasteiger charge is 2.66. The van der Waals surface area contributed by atoms with Crippen LogP contribution in [0.5, 0.6) is 5.75 Å². The smallest absolute Gasteiger partial charge is 0.230 e. The molecule has 4 atom stereocenters. The third-order valence-electron chi connectivity index (χ3n) is 5.75. The van der Waals surface area contributed by atoms with E-state index in [4.69, 9.17) is 9.47 Å². The van der Waals surface area contributed by atoms with E-state index in [0.717, 1.165) is 11.3 Å². The molecule has 0 N–H and O–H groups in total. The van der Waals surface area contributed by atoms with Crippen LogP contribution < -0.4 is 4.74 Å². The third kappa shape index (κ3) is 2.75. The predicted octanol–water partition coefficient (Wildman–Crippen LogP) is 1.62. The fraction of sp³-hybridized carbons (Fsp3) is 0.429. The Morgan fingerprint density at radius 2 is 2.33 bits per heavy atom. The lowest BCUT2D eigenvalue weighted by molar-refractivity contribution is -0.142. The maximum atomic E-state index is 13.2. The van der Waals surface area contributed by atoms with Crippen molar-refractivity contribution in [3.8, 4) is 5.75 Å². The maximum absolute atomic E-state index is 13.2. The minimum absolute atomic E-state index is 0.0185. The SMILES string of the molecule is C=CCN(C)C(=O)[C@H]1[C@@H]2C=C[C@@]3(CN(Cc4cccc(OC)c4)C(=O)[C@H]13)O2. The fourth-order valence-electron chi connectivity index (χ4n) is 4.52. The van der Waals surface area contributed by atoms with Crippen molar-refractivity contribution in [2.75, 3.05) is 27.2 Å². The fourth-order valence-corrected chi connectivity index (χ4v) is 4.52. The topological polar surface area (TPSA) is 59.1 Å². The monoisotopic (exact) mass is 368 g/mol. The van der Waals surface area contributed by atoms with Gasteiger partial charge in [0, 0.05) is 20.1 Å². The second-order valence-corrected chi connectivity index (χ2v) is 7.45. The van der Waals surface area contributed by atoms with Gasteiger partial charge in [-0.3, -0.25) is 9.59 Å². The summed E-state index contributed by atoms with van der Waals surface area (Å²) in [5.74, 6) is -0.253. The van der Waals surface area contributed by atoms with E-state index in [1.165, 1.54) is 0 Å². The van der Waals surface area contributed by atoms with Crippen molar-refractivity contribution in [1.82, 2.24) is 9.80 Å². The van der Waals surface area contributed by atoms with Crippen LogP contribution in [0.1, 0.15) is 5.56 Å². The van der Waals surface area contributed by atoms with Gasteiger partial charge in [0.2, 0.25) is 11.8 Å².